The molecule has 3 N–H and O–H groups in total. The number of aromatic nitrogens is 1. The number of anilines is 3. The fourth-order valence-corrected chi connectivity index (χ4v) is 1.89. The van der Waals surface area contributed by atoms with Crippen LogP contribution in [0.2, 0.25) is 5.02 Å². The summed E-state index contributed by atoms with van der Waals surface area (Å²) in [7, 11) is 0. The van der Waals surface area contributed by atoms with E-state index in [1.165, 1.54) is 24.4 Å². The highest BCUT2D eigenvalue weighted by molar-refractivity contribution is 6.30. The molecule has 2 aromatic rings. The molecular formula is C12H8ClF2N3O2. The fraction of sp³-hybridized carbons (Fsp3) is 0.0833. The van der Waals surface area contributed by atoms with Crippen LogP contribution in [0.3, 0.4) is 0 Å². The number of nitrogens with zero attached hydrogens (tertiary/aromatic N) is 1. The number of hydrogen-bond donors (Lipinski definition) is 2. The van der Waals surface area contributed by atoms with Gasteiger partial charge < -0.3 is 20.5 Å². The van der Waals surface area contributed by atoms with Crippen molar-refractivity contribution in [2.24, 2.45) is 0 Å². The zero-order chi connectivity index (χ0) is 14.3. The maximum absolute atomic E-state index is 12.9. The average Bonchev–Trinajstić information content (AvgIpc) is 2.66. The van der Waals surface area contributed by atoms with Crippen LogP contribution in [-0.4, -0.2) is 11.3 Å². The summed E-state index contributed by atoms with van der Waals surface area (Å²) in [6.07, 6.45) is -2.22. The van der Waals surface area contributed by atoms with E-state index in [1.54, 1.807) is 6.07 Å². The van der Waals surface area contributed by atoms with E-state index in [0.29, 0.717) is 22.2 Å². The Labute approximate surface area is 117 Å². The van der Waals surface area contributed by atoms with Gasteiger partial charge in [0.2, 0.25) is 0 Å². The summed E-state index contributed by atoms with van der Waals surface area (Å²) in [4.78, 5) is 4.01. The molecule has 0 aliphatic carbocycles. The van der Waals surface area contributed by atoms with Crippen LogP contribution in [0.1, 0.15) is 0 Å². The Balaban J connectivity index is 1.86. The minimum atomic E-state index is -3.64. The second-order valence-corrected chi connectivity index (χ2v) is 4.48. The van der Waals surface area contributed by atoms with Crippen molar-refractivity contribution in [2.75, 3.05) is 11.1 Å². The first-order chi connectivity index (χ1) is 9.43. The van der Waals surface area contributed by atoms with Crippen LogP contribution in [0.5, 0.6) is 11.5 Å². The molecule has 0 saturated carbocycles. The van der Waals surface area contributed by atoms with Crippen LogP contribution < -0.4 is 20.5 Å². The molecule has 5 nitrogen and oxygen atoms in total. The number of ether oxygens (including phenoxy) is 2. The van der Waals surface area contributed by atoms with Gasteiger partial charge in [-0.05, 0) is 18.2 Å². The third kappa shape index (κ3) is 2.39. The van der Waals surface area contributed by atoms with Gasteiger partial charge in [-0.1, -0.05) is 11.6 Å². The van der Waals surface area contributed by atoms with Crippen LogP contribution in [0.15, 0.2) is 30.5 Å². The van der Waals surface area contributed by atoms with Gasteiger partial charge in [-0.2, -0.15) is 0 Å². The highest BCUT2D eigenvalue weighted by Crippen LogP contribution is 2.42. The van der Waals surface area contributed by atoms with E-state index in [0.717, 1.165) is 0 Å². The number of halogens is 3. The molecule has 1 aliphatic rings. The van der Waals surface area contributed by atoms with Gasteiger partial charge in [0.15, 0.2) is 17.3 Å². The molecule has 0 spiro atoms. The lowest BCUT2D eigenvalue weighted by atomic mass is 10.2. The van der Waals surface area contributed by atoms with Crippen molar-refractivity contribution in [3.05, 3.63) is 35.5 Å². The normalized spacial score (nSPS) is 15.2. The van der Waals surface area contributed by atoms with E-state index < -0.39 is 6.29 Å². The number of pyridine rings is 1. The number of alkyl halides is 2. The second-order valence-electron chi connectivity index (χ2n) is 4.05. The van der Waals surface area contributed by atoms with Gasteiger partial charge in [-0.15, -0.1) is 8.78 Å². The topological polar surface area (TPSA) is 69.4 Å². The smallest absolute Gasteiger partial charge is 0.396 e. The molecule has 1 aromatic heterocycles. The van der Waals surface area contributed by atoms with Gasteiger partial charge in [0.1, 0.15) is 0 Å². The molecule has 8 heteroatoms. The molecule has 3 rings (SSSR count). The first-order valence-corrected chi connectivity index (χ1v) is 5.89. The number of fused-ring (bicyclic) bond motifs is 1. The van der Waals surface area contributed by atoms with Gasteiger partial charge in [-0.3, -0.25) is 0 Å². The molecule has 0 radical (unpaired) electrons. The standard InChI is InChI=1S/C12H8ClF2N3O2/c13-6-3-8(16)11(17-5-6)18-7-1-2-9-10(4-7)20-12(14,15)19-9/h1-5H,16H2,(H,17,18). The highest BCUT2D eigenvalue weighted by atomic mass is 35.5. The van der Waals surface area contributed by atoms with Gasteiger partial charge >= 0.3 is 6.29 Å². The van der Waals surface area contributed by atoms with E-state index in [9.17, 15) is 8.78 Å². The SMILES string of the molecule is Nc1cc(Cl)cnc1Nc1ccc2c(c1)OC(F)(F)O2. The molecule has 0 atom stereocenters. The van der Waals surface area contributed by atoms with Crippen molar-refractivity contribution in [1.29, 1.82) is 0 Å². The lowest BCUT2D eigenvalue weighted by molar-refractivity contribution is -0.286. The summed E-state index contributed by atoms with van der Waals surface area (Å²) in [5, 5.41) is 3.28. The van der Waals surface area contributed by atoms with Crippen molar-refractivity contribution in [3.63, 3.8) is 0 Å². The second kappa shape index (κ2) is 4.38. The summed E-state index contributed by atoms with van der Waals surface area (Å²) < 4.78 is 34.4. The minimum absolute atomic E-state index is 0.0300. The fourth-order valence-electron chi connectivity index (χ4n) is 1.72. The van der Waals surface area contributed by atoms with E-state index in [1.807, 2.05) is 0 Å². The summed E-state index contributed by atoms with van der Waals surface area (Å²) in [5.41, 5.74) is 6.55. The van der Waals surface area contributed by atoms with Gasteiger partial charge in [0.25, 0.3) is 0 Å². The largest absolute Gasteiger partial charge is 0.586 e. The number of rotatable bonds is 2. The molecular weight excluding hydrogens is 292 g/mol. The number of hydrogen-bond acceptors (Lipinski definition) is 5. The Morgan fingerprint density at radius 2 is 1.95 bits per heavy atom. The molecule has 1 aliphatic heterocycles. The maximum atomic E-state index is 12.9. The summed E-state index contributed by atoms with van der Waals surface area (Å²) >= 11 is 5.74. The molecule has 0 saturated heterocycles. The zero-order valence-corrected chi connectivity index (χ0v) is 10.6. The van der Waals surface area contributed by atoms with Crippen molar-refractivity contribution in [3.8, 4) is 11.5 Å². The highest BCUT2D eigenvalue weighted by Gasteiger charge is 2.43. The van der Waals surface area contributed by atoms with E-state index in [-0.39, 0.29) is 11.5 Å². The van der Waals surface area contributed by atoms with Crippen LogP contribution in [0, 0.1) is 0 Å². The zero-order valence-electron chi connectivity index (χ0n) is 9.86. The maximum Gasteiger partial charge on any atom is 0.586 e. The molecule has 104 valence electrons. The van der Waals surface area contributed by atoms with E-state index >= 15 is 0 Å². The van der Waals surface area contributed by atoms with Crippen molar-refractivity contribution in [1.82, 2.24) is 4.98 Å². The monoisotopic (exact) mass is 299 g/mol. The predicted molar refractivity (Wildman–Crippen MR) is 69.6 cm³/mol. The Morgan fingerprint density at radius 3 is 2.70 bits per heavy atom. The van der Waals surface area contributed by atoms with Crippen LogP contribution in [0.25, 0.3) is 0 Å². The molecule has 0 amide bonds. The first kappa shape index (κ1) is 12.7. The lowest BCUT2D eigenvalue weighted by Gasteiger charge is -2.08. The number of nitrogen functional groups attached to an aromatic ring is 1. The van der Waals surface area contributed by atoms with Crippen LogP contribution in [0.4, 0.5) is 26.0 Å². The summed E-state index contributed by atoms with van der Waals surface area (Å²) in [5.74, 6) is 0.269. The average molecular weight is 300 g/mol. The molecule has 0 bridgehead atoms. The number of nitrogens with one attached hydrogen (secondary N) is 1. The minimum Gasteiger partial charge on any atom is -0.396 e. The summed E-state index contributed by atoms with van der Waals surface area (Å²) in [6, 6.07) is 5.80. The Kier molecular flexibility index (Phi) is 2.79. The molecule has 20 heavy (non-hydrogen) atoms. The quantitative estimate of drug-likeness (QED) is 0.889. The van der Waals surface area contributed by atoms with Crippen molar-refractivity contribution in [2.45, 2.75) is 6.29 Å². The Bertz CT molecular complexity index is 682. The molecule has 1 aromatic carbocycles. The van der Waals surface area contributed by atoms with E-state index in [4.69, 9.17) is 17.3 Å². The van der Waals surface area contributed by atoms with Gasteiger partial charge in [-0.25, -0.2) is 4.98 Å². The first-order valence-electron chi connectivity index (χ1n) is 5.51. The van der Waals surface area contributed by atoms with Gasteiger partial charge in [0, 0.05) is 18.0 Å². The Morgan fingerprint density at radius 1 is 1.20 bits per heavy atom. The van der Waals surface area contributed by atoms with E-state index in [2.05, 4.69) is 19.8 Å². The third-order valence-corrected chi connectivity index (χ3v) is 2.75. The predicted octanol–water partition coefficient (Wildman–Crippen LogP) is 3.38. The lowest BCUT2D eigenvalue weighted by Crippen LogP contribution is -2.25. The summed E-state index contributed by atoms with van der Waals surface area (Å²) in [6.45, 7) is 0. The van der Waals surface area contributed by atoms with Gasteiger partial charge in [0.05, 0.1) is 10.7 Å². The molecule has 2 heterocycles. The van der Waals surface area contributed by atoms with Crippen molar-refractivity contribution >= 4 is 28.8 Å². The van der Waals surface area contributed by atoms with Crippen LogP contribution >= 0.6 is 11.6 Å². The molecule has 0 unspecified atom stereocenters. The Hall–Kier alpha value is -2.28. The van der Waals surface area contributed by atoms with Crippen molar-refractivity contribution < 1.29 is 18.3 Å². The third-order valence-electron chi connectivity index (χ3n) is 2.55. The number of benzene rings is 1. The number of nitrogens with two attached hydrogens (primary N) is 1. The molecule has 0 fully saturated rings. The van der Waals surface area contributed by atoms with Crippen LogP contribution in [-0.2, 0) is 0 Å².